The molecule has 0 aromatic heterocycles. The van der Waals surface area contributed by atoms with Gasteiger partial charge in [-0.3, -0.25) is 4.79 Å². The molecule has 114 valence electrons. The first kappa shape index (κ1) is 15.7. The number of esters is 1. The highest BCUT2D eigenvalue weighted by atomic mass is 19.1. The van der Waals surface area contributed by atoms with Crippen molar-refractivity contribution in [3.8, 4) is 0 Å². The Morgan fingerprint density at radius 3 is 2.36 bits per heavy atom. The van der Waals surface area contributed by atoms with Crippen molar-refractivity contribution in [3.63, 3.8) is 0 Å². The normalized spacial score (nSPS) is 11.6. The molecule has 1 N–H and O–H groups in total. The van der Waals surface area contributed by atoms with Crippen LogP contribution in [-0.2, 0) is 4.74 Å². The number of hydrogen-bond acceptors (Lipinski definition) is 4. The SMILES string of the molecule is CNc1ccccc1C(=O)O[C@H](C)C(=O)c1ccc(F)cc1. The highest BCUT2D eigenvalue weighted by Crippen LogP contribution is 2.17. The molecule has 0 heterocycles. The monoisotopic (exact) mass is 301 g/mol. The number of benzene rings is 2. The third kappa shape index (κ3) is 3.49. The predicted molar refractivity (Wildman–Crippen MR) is 81.6 cm³/mol. The molecule has 0 saturated carbocycles. The Bertz CT molecular complexity index is 683. The van der Waals surface area contributed by atoms with E-state index in [4.69, 9.17) is 4.74 Å². The minimum atomic E-state index is -0.956. The van der Waals surface area contributed by atoms with Crippen LogP contribution in [-0.4, -0.2) is 24.9 Å². The van der Waals surface area contributed by atoms with Crippen LogP contribution in [0, 0.1) is 5.82 Å². The summed E-state index contributed by atoms with van der Waals surface area (Å²) in [5.74, 6) is -1.40. The van der Waals surface area contributed by atoms with Gasteiger partial charge < -0.3 is 10.1 Å². The number of rotatable bonds is 5. The predicted octanol–water partition coefficient (Wildman–Crippen LogP) is 3.30. The van der Waals surface area contributed by atoms with Gasteiger partial charge in [0, 0.05) is 18.3 Å². The topological polar surface area (TPSA) is 55.4 Å². The lowest BCUT2D eigenvalue weighted by molar-refractivity contribution is 0.0319. The number of ether oxygens (including phenoxy) is 1. The number of carbonyl (C=O) groups excluding carboxylic acids is 2. The van der Waals surface area contributed by atoms with Crippen molar-refractivity contribution in [1.82, 2.24) is 0 Å². The maximum Gasteiger partial charge on any atom is 0.340 e. The molecule has 4 nitrogen and oxygen atoms in total. The molecule has 2 rings (SSSR count). The average Bonchev–Trinajstić information content (AvgIpc) is 2.54. The largest absolute Gasteiger partial charge is 0.451 e. The second-order valence-corrected chi connectivity index (χ2v) is 4.71. The molecule has 22 heavy (non-hydrogen) atoms. The Balaban J connectivity index is 2.11. The second kappa shape index (κ2) is 6.85. The lowest BCUT2D eigenvalue weighted by Crippen LogP contribution is -2.24. The summed E-state index contributed by atoms with van der Waals surface area (Å²) >= 11 is 0. The van der Waals surface area contributed by atoms with Crippen LogP contribution in [0.25, 0.3) is 0 Å². The Morgan fingerprint density at radius 1 is 1.09 bits per heavy atom. The van der Waals surface area contributed by atoms with Crippen molar-refractivity contribution in [3.05, 3.63) is 65.5 Å². The van der Waals surface area contributed by atoms with Crippen molar-refractivity contribution in [1.29, 1.82) is 0 Å². The first-order chi connectivity index (χ1) is 10.5. The number of para-hydroxylation sites is 1. The van der Waals surface area contributed by atoms with E-state index >= 15 is 0 Å². The van der Waals surface area contributed by atoms with Crippen LogP contribution in [0.5, 0.6) is 0 Å². The van der Waals surface area contributed by atoms with E-state index in [1.165, 1.54) is 31.2 Å². The standard InChI is InChI=1S/C17H16FNO3/c1-11(16(20)12-7-9-13(18)10-8-12)22-17(21)14-5-3-4-6-15(14)19-2/h3-11,19H,1-2H3/t11-/m1/s1. The van der Waals surface area contributed by atoms with Crippen molar-refractivity contribution >= 4 is 17.4 Å². The highest BCUT2D eigenvalue weighted by molar-refractivity contribution is 6.02. The van der Waals surface area contributed by atoms with Gasteiger partial charge in [0.1, 0.15) is 5.82 Å². The molecule has 0 aliphatic heterocycles. The first-order valence-electron chi connectivity index (χ1n) is 6.80. The molecule has 1 atom stereocenters. The Labute approximate surface area is 127 Å². The molecule has 0 aliphatic carbocycles. The molecule has 0 aliphatic rings. The Kier molecular flexibility index (Phi) is 4.88. The molecule has 0 spiro atoms. The second-order valence-electron chi connectivity index (χ2n) is 4.71. The highest BCUT2D eigenvalue weighted by Gasteiger charge is 2.21. The fourth-order valence-corrected chi connectivity index (χ4v) is 2.01. The quantitative estimate of drug-likeness (QED) is 0.680. The van der Waals surface area contributed by atoms with E-state index in [0.717, 1.165) is 0 Å². The van der Waals surface area contributed by atoms with Gasteiger partial charge in [-0.15, -0.1) is 0 Å². The molecule has 2 aromatic carbocycles. The summed E-state index contributed by atoms with van der Waals surface area (Å²) in [4.78, 5) is 24.3. The van der Waals surface area contributed by atoms with Gasteiger partial charge in [0.05, 0.1) is 5.56 Å². The van der Waals surface area contributed by atoms with E-state index < -0.39 is 17.9 Å². The number of Topliss-reactive ketones (excluding diaryl/α,β-unsaturated/α-hetero) is 1. The third-order valence-corrected chi connectivity index (χ3v) is 3.20. The lowest BCUT2D eigenvalue weighted by atomic mass is 10.1. The fraction of sp³-hybridized carbons (Fsp3) is 0.176. The summed E-state index contributed by atoms with van der Waals surface area (Å²) in [6.45, 7) is 1.49. The molecule has 0 bridgehead atoms. The zero-order chi connectivity index (χ0) is 16.1. The van der Waals surface area contributed by atoms with Gasteiger partial charge >= 0.3 is 5.97 Å². The van der Waals surface area contributed by atoms with E-state index in [1.54, 1.807) is 31.3 Å². The van der Waals surface area contributed by atoms with Crippen LogP contribution in [0.4, 0.5) is 10.1 Å². The maximum atomic E-state index is 12.9. The number of hydrogen-bond donors (Lipinski definition) is 1. The molecule has 0 amide bonds. The maximum absolute atomic E-state index is 12.9. The summed E-state index contributed by atoms with van der Waals surface area (Å²) in [6, 6.07) is 12.0. The smallest absolute Gasteiger partial charge is 0.340 e. The zero-order valence-electron chi connectivity index (χ0n) is 12.3. The van der Waals surface area contributed by atoms with Crippen molar-refractivity contribution in [2.45, 2.75) is 13.0 Å². The number of ketones is 1. The van der Waals surface area contributed by atoms with E-state index in [1.807, 2.05) is 0 Å². The molecule has 0 radical (unpaired) electrons. The van der Waals surface area contributed by atoms with Gasteiger partial charge in [0.25, 0.3) is 0 Å². The van der Waals surface area contributed by atoms with Crippen LogP contribution in [0.2, 0.25) is 0 Å². The van der Waals surface area contributed by atoms with Crippen molar-refractivity contribution in [2.24, 2.45) is 0 Å². The summed E-state index contributed by atoms with van der Waals surface area (Å²) in [5, 5.41) is 2.89. The number of carbonyl (C=O) groups is 2. The van der Waals surface area contributed by atoms with Crippen LogP contribution in [0.1, 0.15) is 27.6 Å². The lowest BCUT2D eigenvalue weighted by Gasteiger charge is -2.14. The number of halogens is 1. The first-order valence-corrected chi connectivity index (χ1v) is 6.80. The Hall–Kier alpha value is -2.69. The van der Waals surface area contributed by atoms with Crippen LogP contribution >= 0.6 is 0 Å². The van der Waals surface area contributed by atoms with Gasteiger partial charge in [-0.2, -0.15) is 0 Å². The van der Waals surface area contributed by atoms with Gasteiger partial charge in [-0.25, -0.2) is 9.18 Å². The molecular weight excluding hydrogens is 285 g/mol. The summed E-state index contributed by atoms with van der Waals surface area (Å²) in [7, 11) is 1.69. The van der Waals surface area contributed by atoms with Gasteiger partial charge in [0.15, 0.2) is 6.10 Å². The van der Waals surface area contributed by atoms with Crippen LogP contribution < -0.4 is 5.32 Å². The van der Waals surface area contributed by atoms with Crippen LogP contribution in [0.3, 0.4) is 0 Å². The molecule has 2 aromatic rings. The van der Waals surface area contributed by atoms with Gasteiger partial charge in [-0.1, -0.05) is 12.1 Å². The van der Waals surface area contributed by atoms with Crippen molar-refractivity contribution < 1.29 is 18.7 Å². The molecular formula is C17H16FNO3. The van der Waals surface area contributed by atoms with Gasteiger partial charge in [0.2, 0.25) is 5.78 Å². The molecule has 0 fully saturated rings. The van der Waals surface area contributed by atoms with Gasteiger partial charge in [-0.05, 0) is 43.3 Å². The molecule has 0 unspecified atom stereocenters. The number of nitrogens with one attached hydrogen (secondary N) is 1. The molecule has 0 saturated heterocycles. The number of anilines is 1. The summed E-state index contributed by atoms with van der Waals surface area (Å²) in [6.07, 6.45) is -0.956. The Morgan fingerprint density at radius 2 is 1.73 bits per heavy atom. The summed E-state index contributed by atoms with van der Waals surface area (Å²) < 4.78 is 18.1. The zero-order valence-corrected chi connectivity index (χ0v) is 12.3. The van der Waals surface area contributed by atoms with E-state index in [0.29, 0.717) is 16.8 Å². The summed E-state index contributed by atoms with van der Waals surface area (Å²) in [5.41, 5.74) is 1.27. The fourth-order valence-electron chi connectivity index (χ4n) is 2.01. The van der Waals surface area contributed by atoms with E-state index in [9.17, 15) is 14.0 Å². The van der Waals surface area contributed by atoms with Crippen molar-refractivity contribution in [2.75, 3.05) is 12.4 Å². The van der Waals surface area contributed by atoms with Crippen LogP contribution in [0.15, 0.2) is 48.5 Å². The minimum Gasteiger partial charge on any atom is -0.451 e. The van der Waals surface area contributed by atoms with E-state index in [2.05, 4.69) is 5.32 Å². The van der Waals surface area contributed by atoms with E-state index in [-0.39, 0.29) is 5.78 Å². The molecule has 5 heteroatoms. The third-order valence-electron chi connectivity index (χ3n) is 3.20. The minimum absolute atomic E-state index is 0.295. The average molecular weight is 301 g/mol.